The van der Waals surface area contributed by atoms with Crippen LogP contribution in [0.1, 0.15) is 11.1 Å². The van der Waals surface area contributed by atoms with Gasteiger partial charge in [0.25, 0.3) is 5.91 Å². The Kier molecular flexibility index (Phi) is 7.43. The highest BCUT2D eigenvalue weighted by atomic mass is 32.1. The summed E-state index contributed by atoms with van der Waals surface area (Å²) in [5.74, 6) is 0.527. The summed E-state index contributed by atoms with van der Waals surface area (Å²) in [5, 5.41) is 2.20. The Morgan fingerprint density at radius 2 is 1.79 bits per heavy atom. The van der Waals surface area contributed by atoms with E-state index < -0.39 is 17.6 Å². The molecule has 6 nitrogen and oxygen atoms in total. The first-order valence-corrected chi connectivity index (χ1v) is 8.58. The molecule has 29 heavy (non-hydrogen) atoms. The smallest absolute Gasteiger partial charge is 0.418 e. The maximum atomic E-state index is 13.0. The van der Waals surface area contributed by atoms with Crippen LogP contribution in [-0.2, 0) is 11.0 Å². The number of alkyl halides is 3. The van der Waals surface area contributed by atoms with Crippen molar-refractivity contribution in [1.29, 1.82) is 0 Å². The molecule has 0 radical (unpaired) electrons. The van der Waals surface area contributed by atoms with E-state index in [0.29, 0.717) is 17.1 Å². The molecule has 0 spiro atoms. The molecule has 0 atom stereocenters. The first kappa shape index (κ1) is 22.0. The number of methoxy groups -OCH3 is 2. The first-order chi connectivity index (χ1) is 13.7. The highest BCUT2D eigenvalue weighted by Gasteiger charge is 2.33. The van der Waals surface area contributed by atoms with Crippen molar-refractivity contribution in [2.24, 2.45) is 0 Å². The summed E-state index contributed by atoms with van der Waals surface area (Å²) in [4.78, 5) is 11.9. The summed E-state index contributed by atoms with van der Waals surface area (Å²) < 4.78 is 49.3. The fourth-order valence-corrected chi connectivity index (χ4v) is 2.44. The van der Waals surface area contributed by atoms with Gasteiger partial charge in [0.15, 0.2) is 5.11 Å². The van der Waals surface area contributed by atoms with E-state index in [1.54, 1.807) is 18.2 Å². The molecule has 10 heteroatoms. The Bertz CT molecular complexity index is 917. The lowest BCUT2D eigenvalue weighted by atomic mass is 10.1. The highest BCUT2D eigenvalue weighted by molar-refractivity contribution is 7.80. The van der Waals surface area contributed by atoms with Gasteiger partial charge in [-0.15, -0.1) is 0 Å². The van der Waals surface area contributed by atoms with Gasteiger partial charge in [0.1, 0.15) is 11.5 Å². The molecule has 0 unspecified atom stereocenters. The molecule has 0 saturated carbocycles. The van der Waals surface area contributed by atoms with Crippen molar-refractivity contribution in [3.63, 3.8) is 0 Å². The van der Waals surface area contributed by atoms with Crippen LogP contribution < -0.4 is 25.6 Å². The van der Waals surface area contributed by atoms with Gasteiger partial charge in [0, 0.05) is 17.7 Å². The molecular weight excluding hydrogens is 407 g/mol. The zero-order valence-electron chi connectivity index (χ0n) is 15.5. The third kappa shape index (κ3) is 6.39. The Morgan fingerprint density at radius 3 is 2.45 bits per heavy atom. The topological polar surface area (TPSA) is 71.6 Å². The number of rotatable bonds is 5. The summed E-state index contributed by atoms with van der Waals surface area (Å²) in [7, 11) is 3.00. The van der Waals surface area contributed by atoms with E-state index in [0.717, 1.165) is 6.07 Å². The molecule has 0 saturated heterocycles. The fourth-order valence-electron chi connectivity index (χ4n) is 2.27. The average molecular weight is 425 g/mol. The zero-order valence-corrected chi connectivity index (χ0v) is 16.3. The van der Waals surface area contributed by atoms with E-state index in [-0.39, 0.29) is 10.8 Å². The van der Waals surface area contributed by atoms with Crippen molar-refractivity contribution < 1.29 is 27.4 Å². The van der Waals surface area contributed by atoms with Crippen molar-refractivity contribution in [2.45, 2.75) is 6.18 Å². The number of anilines is 1. The lowest BCUT2D eigenvalue weighted by molar-refractivity contribution is -0.136. The van der Waals surface area contributed by atoms with E-state index in [2.05, 4.69) is 16.2 Å². The number of carbonyl (C=O) groups excluding carboxylic acids is 1. The largest absolute Gasteiger partial charge is 0.497 e. The molecule has 0 heterocycles. The number of benzene rings is 2. The van der Waals surface area contributed by atoms with Gasteiger partial charge < -0.3 is 14.8 Å². The second kappa shape index (κ2) is 9.78. The van der Waals surface area contributed by atoms with Crippen molar-refractivity contribution in [3.05, 3.63) is 59.7 Å². The van der Waals surface area contributed by atoms with Crippen LogP contribution in [0.3, 0.4) is 0 Å². The Balaban J connectivity index is 1.95. The molecule has 1 amide bonds. The number of thiocarbonyl (C=S) groups is 1. The second-order valence-electron chi connectivity index (χ2n) is 5.55. The number of hydrogen-bond donors (Lipinski definition) is 3. The standard InChI is InChI=1S/C19H18F3N3O3S/c1-27-13-9-7-12(16(11-13)28-2)8-10-17(26)24-25-18(29)23-15-6-4-3-5-14(15)19(20,21)22/h3-11H,1-2H3,(H,24,26)(H2,23,25,29). The maximum Gasteiger partial charge on any atom is 0.418 e. The normalized spacial score (nSPS) is 11.1. The van der Waals surface area contributed by atoms with Crippen molar-refractivity contribution in [2.75, 3.05) is 19.5 Å². The van der Waals surface area contributed by atoms with Gasteiger partial charge >= 0.3 is 6.18 Å². The summed E-state index contributed by atoms with van der Waals surface area (Å²) in [6, 6.07) is 9.93. The van der Waals surface area contributed by atoms with Crippen LogP contribution in [0.25, 0.3) is 6.08 Å². The van der Waals surface area contributed by atoms with Crippen LogP contribution in [0.5, 0.6) is 11.5 Å². The minimum absolute atomic E-state index is 0.203. The number of carbonyl (C=O) groups is 1. The zero-order chi connectivity index (χ0) is 21.4. The van der Waals surface area contributed by atoms with Crippen LogP contribution >= 0.6 is 12.2 Å². The van der Waals surface area contributed by atoms with E-state index in [1.807, 2.05) is 0 Å². The van der Waals surface area contributed by atoms with Gasteiger partial charge in [-0.2, -0.15) is 13.2 Å². The molecule has 0 aliphatic carbocycles. The van der Waals surface area contributed by atoms with Gasteiger partial charge in [-0.25, -0.2) is 0 Å². The molecule has 0 fully saturated rings. The van der Waals surface area contributed by atoms with Crippen molar-refractivity contribution in [1.82, 2.24) is 10.9 Å². The minimum Gasteiger partial charge on any atom is -0.497 e. The monoisotopic (exact) mass is 425 g/mol. The number of para-hydroxylation sites is 1. The third-order valence-electron chi connectivity index (χ3n) is 3.63. The van der Waals surface area contributed by atoms with E-state index in [4.69, 9.17) is 21.7 Å². The minimum atomic E-state index is -4.54. The molecule has 2 aromatic rings. The second-order valence-corrected chi connectivity index (χ2v) is 5.96. The number of halogens is 3. The van der Waals surface area contributed by atoms with Crippen LogP contribution in [0, 0.1) is 0 Å². The summed E-state index contributed by atoms with van der Waals surface area (Å²) in [6.45, 7) is 0. The Morgan fingerprint density at radius 1 is 1.07 bits per heavy atom. The molecule has 0 aliphatic rings. The Hall–Kier alpha value is -3.27. The summed E-state index contributed by atoms with van der Waals surface area (Å²) in [6.07, 6.45) is -1.82. The van der Waals surface area contributed by atoms with E-state index in [9.17, 15) is 18.0 Å². The van der Waals surface area contributed by atoms with Gasteiger partial charge in [-0.3, -0.25) is 15.6 Å². The van der Waals surface area contributed by atoms with E-state index in [1.165, 1.54) is 44.6 Å². The van der Waals surface area contributed by atoms with Crippen LogP contribution in [0.15, 0.2) is 48.5 Å². The molecule has 0 aliphatic heterocycles. The van der Waals surface area contributed by atoms with E-state index >= 15 is 0 Å². The molecule has 2 aromatic carbocycles. The predicted octanol–water partition coefficient (Wildman–Crippen LogP) is 3.75. The lowest BCUT2D eigenvalue weighted by Crippen LogP contribution is -2.43. The van der Waals surface area contributed by atoms with Gasteiger partial charge in [0.05, 0.1) is 25.5 Å². The number of hydrazine groups is 1. The van der Waals surface area contributed by atoms with Crippen LogP contribution in [0.2, 0.25) is 0 Å². The van der Waals surface area contributed by atoms with Gasteiger partial charge in [-0.1, -0.05) is 12.1 Å². The molecule has 3 N–H and O–H groups in total. The summed E-state index contributed by atoms with van der Waals surface area (Å²) in [5.41, 5.74) is 4.13. The van der Waals surface area contributed by atoms with Crippen molar-refractivity contribution >= 4 is 35.0 Å². The van der Waals surface area contributed by atoms with Gasteiger partial charge in [0.2, 0.25) is 0 Å². The van der Waals surface area contributed by atoms with Crippen LogP contribution in [0.4, 0.5) is 18.9 Å². The average Bonchev–Trinajstić information content (AvgIpc) is 2.70. The lowest BCUT2D eigenvalue weighted by Gasteiger charge is -2.15. The molecule has 154 valence electrons. The quantitative estimate of drug-likeness (QED) is 0.385. The van der Waals surface area contributed by atoms with Gasteiger partial charge in [-0.05, 0) is 42.6 Å². The van der Waals surface area contributed by atoms with Crippen molar-refractivity contribution in [3.8, 4) is 11.5 Å². The number of nitrogens with one attached hydrogen (secondary N) is 3. The first-order valence-electron chi connectivity index (χ1n) is 8.18. The van der Waals surface area contributed by atoms with Crippen LogP contribution in [-0.4, -0.2) is 25.2 Å². The highest BCUT2D eigenvalue weighted by Crippen LogP contribution is 2.34. The number of hydrogen-bond acceptors (Lipinski definition) is 4. The third-order valence-corrected chi connectivity index (χ3v) is 3.84. The SMILES string of the molecule is COc1ccc(C=CC(=O)NNC(=S)Nc2ccccc2C(F)(F)F)c(OC)c1. The molecule has 0 aromatic heterocycles. The Labute approximate surface area is 170 Å². The molecular formula is C19H18F3N3O3S. The summed E-state index contributed by atoms with van der Waals surface area (Å²) >= 11 is 4.92. The maximum absolute atomic E-state index is 13.0. The molecule has 0 bridgehead atoms. The number of ether oxygens (including phenoxy) is 2. The predicted molar refractivity (Wildman–Crippen MR) is 108 cm³/mol. The molecule has 2 rings (SSSR count). The fraction of sp³-hybridized carbons (Fsp3) is 0.158. The number of amides is 1.